The number of fused-ring (bicyclic) bond motifs is 1. The molecule has 31 heavy (non-hydrogen) atoms. The van der Waals surface area contributed by atoms with Gasteiger partial charge in [-0.15, -0.1) is 11.3 Å². The predicted molar refractivity (Wildman–Crippen MR) is 124 cm³/mol. The molecule has 0 atom stereocenters. The molecule has 2 aromatic heterocycles. The van der Waals surface area contributed by atoms with Gasteiger partial charge in [-0.05, 0) is 55.7 Å². The van der Waals surface area contributed by atoms with Gasteiger partial charge in [0.2, 0.25) is 0 Å². The summed E-state index contributed by atoms with van der Waals surface area (Å²) in [6, 6.07) is 14.2. The first-order chi connectivity index (χ1) is 14.8. The molecule has 1 amide bonds. The second-order valence-corrected chi connectivity index (χ2v) is 8.67. The zero-order valence-electron chi connectivity index (χ0n) is 17.3. The average Bonchev–Trinajstić information content (AvgIpc) is 3.08. The maximum atomic E-state index is 13.5. The smallest absolute Gasteiger partial charge is 0.268 e. The molecule has 0 spiro atoms. The molecule has 1 N–H and O–H groups in total. The fraction of sp³-hybridized carbons (Fsp3) is 0.167. The number of rotatable bonds is 5. The van der Waals surface area contributed by atoms with E-state index in [4.69, 9.17) is 16.3 Å². The quantitative estimate of drug-likeness (QED) is 0.359. The van der Waals surface area contributed by atoms with Crippen LogP contribution in [0.3, 0.4) is 0 Å². The van der Waals surface area contributed by atoms with Gasteiger partial charge in [-0.3, -0.25) is 4.79 Å². The van der Waals surface area contributed by atoms with Crippen molar-refractivity contribution in [2.45, 2.75) is 27.4 Å². The standard InChI is InChI=1S/C24H20ClFN2O2S/c1-13-14(2)23(27-15(3)21(13)30-12-16-7-5-4-6-8-16)28-24(29)22-20(25)18-10-9-17(26)11-19(18)31-22/h4-11H,12H2,1-3H3,(H,27,28,29). The minimum absolute atomic E-state index is 0.311. The van der Waals surface area contributed by atoms with Gasteiger partial charge in [-0.25, -0.2) is 9.37 Å². The molecule has 0 unspecified atom stereocenters. The normalized spacial score (nSPS) is 11.0. The number of hydrogen-bond donors (Lipinski definition) is 1. The van der Waals surface area contributed by atoms with Crippen molar-refractivity contribution in [3.63, 3.8) is 0 Å². The van der Waals surface area contributed by atoms with Gasteiger partial charge in [0.25, 0.3) is 5.91 Å². The molecule has 2 heterocycles. The highest BCUT2D eigenvalue weighted by Gasteiger charge is 2.20. The summed E-state index contributed by atoms with van der Waals surface area (Å²) in [6.07, 6.45) is 0. The Morgan fingerprint density at radius 2 is 1.87 bits per heavy atom. The Bertz CT molecular complexity index is 1290. The first-order valence-corrected chi connectivity index (χ1v) is 10.9. The molecule has 0 radical (unpaired) electrons. The van der Waals surface area contributed by atoms with Crippen LogP contribution in [-0.2, 0) is 6.61 Å². The lowest BCUT2D eigenvalue weighted by Crippen LogP contribution is -2.15. The molecule has 0 aliphatic heterocycles. The largest absolute Gasteiger partial charge is 0.487 e. The number of aromatic nitrogens is 1. The molecular formula is C24H20ClFN2O2S. The monoisotopic (exact) mass is 454 g/mol. The molecule has 0 aliphatic rings. The zero-order chi connectivity index (χ0) is 22.1. The summed E-state index contributed by atoms with van der Waals surface area (Å²) in [5.41, 5.74) is 3.46. The number of halogens is 2. The Balaban J connectivity index is 1.59. The van der Waals surface area contributed by atoms with E-state index in [0.717, 1.165) is 28.0 Å². The highest BCUT2D eigenvalue weighted by molar-refractivity contribution is 7.21. The van der Waals surface area contributed by atoms with E-state index in [1.54, 1.807) is 6.07 Å². The van der Waals surface area contributed by atoms with Gasteiger partial charge in [0.1, 0.15) is 28.9 Å². The molecule has 0 aliphatic carbocycles. The molecule has 4 nitrogen and oxygen atoms in total. The van der Waals surface area contributed by atoms with Crippen molar-refractivity contribution in [1.29, 1.82) is 0 Å². The molecule has 0 fully saturated rings. The summed E-state index contributed by atoms with van der Waals surface area (Å²) in [5, 5.41) is 3.82. The molecule has 0 bridgehead atoms. The third kappa shape index (κ3) is 4.27. The Morgan fingerprint density at radius 1 is 1.13 bits per heavy atom. The lowest BCUT2D eigenvalue weighted by atomic mass is 10.1. The van der Waals surface area contributed by atoms with E-state index in [1.165, 1.54) is 12.1 Å². The first kappa shape index (κ1) is 21.3. The Hall–Kier alpha value is -2.96. The molecule has 4 aromatic rings. The second-order valence-electron chi connectivity index (χ2n) is 7.24. The van der Waals surface area contributed by atoms with Crippen LogP contribution < -0.4 is 10.1 Å². The van der Waals surface area contributed by atoms with Gasteiger partial charge in [0.15, 0.2) is 0 Å². The number of anilines is 1. The van der Waals surface area contributed by atoms with Crippen LogP contribution in [0.4, 0.5) is 10.2 Å². The molecule has 7 heteroatoms. The zero-order valence-corrected chi connectivity index (χ0v) is 18.8. The maximum Gasteiger partial charge on any atom is 0.268 e. The van der Waals surface area contributed by atoms with Crippen LogP contribution in [0.1, 0.15) is 32.1 Å². The van der Waals surface area contributed by atoms with Crippen LogP contribution in [0, 0.1) is 26.6 Å². The van der Waals surface area contributed by atoms with Crippen molar-refractivity contribution < 1.29 is 13.9 Å². The third-order valence-corrected chi connectivity index (χ3v) is 6.78. The van der Waals surface area contributed by atoms with Crippen LogP contribution in [0.25, 0.3) is 10.1 Å². The molecule has 0 saturated heterocycles. The highest BCUT2D eigenvalue weighted by atomic mass is 35.5. The fourth-order valence-electron chi connectivity index (χ4n) is 3.34. The van der Waals surface area contributed by atoms with Gasteiger partial charge in [-0.1, -0.05) is 41.9 Å². The van der Waals surface area contributed by atoms with Crippen molar-refractivity contribution in [1.82, 2.24) is 4.98 Å². The second kappa shape index (κ2) is 8.65. The van der Waals surface area contributed by atoms with Gasteiger partial charge >= 0.3 is 0 Å². The molecule has 2 aromatic carbocycles. The predicted octanol–water partition coefficient (Wildman–Crippen LogP) is 6.85. The fourth-order valence-corrected chi connectivity index (χ4v) is 4.77. The van der Waals surface area contributed by atoms with Crippen LogP contribution in [0.15, 0.2) is 48.5 Å². The van der Waals surface area contributed by atoms with Crippen LogP contribution in [-0.4, -0.2) is 10.9 Å². The summed E-state index contributed by atoms with van der Waals surface area (Å²) in [5.74, 6) is 0.410. The average molecular weight is 455 g/mol. The number of benzene rings is 2. The van der Waals surface area contributed by atoms with E-state index < -0.39 is 0 Å². The van der Waals surface area contributed by atoms with Gasteiger partial charge in [0.05, 0.1) is 10.7 Å². The number of nitrogens with one attached hydrogen (secondary N) is 1. The number of carbonyl (C=O) groups is 1. The van der Waals surface area contributed by atoms with Crippen molar-refractivity contribution in [3.8, 4) is 5.75 Å². The van der Waals surface area contributed by atoms with Crippen molar-refractivity contribution >= 4 is 44.7 Å². The van der Waals surface area contributed by atoms with E-state index >= 15 is 0 Å². The minimum atomic E-state index is -0.376. The van der Waals surface area contributed by atoms with Gasteiger partial charge in [0, 0.05) is 10.1 Å². The van der Waals surface area contributed by atoms with Crippen LogP contribution >= 0.6 is 22.9 Å². The molecule has 158 valence electrons. The van der Waals surface area contributed by atoms with E-state index in [0.29, 0.717) is 43.9 Å². The topological polar surface area (TPSA) is 51.2 Å². The number of pyridine rings is 1. The summed E-state index contributed by atoms with van der Waals surface area (Å²) in [6.45, 7) is 6.10. The summed E-state index contributed by atoms with van der Waals surface area (Å²) >= 11 is 7.54. The number of amides is 1. The molecular weight excluding hydrogens is 435 g/mol. The Labute approximate surface area is 188 Å². The number of aryl methyl sites for hydroxylation is 1. The lowest BCUT2D eigenvalue weighted by Gasteiger charge is -2.17. The van der Waals surface area contributed by atoms with E-state index in [2.05, 4.69) is 10.3 Å². The highest BCUT2D eigenvalue weighted by Crippen LogP contribution is 2.37. The van der Waals surface area contributed by atoms with Crippen molar-refractivity contribution in [3.05, 3.63) is 86.6 Å². The lowest BCUT2D eigenvalue weighted by molar-refractivity contribution is 0.103. The summed E-state index contributed by atoms with van der Waals surface area (Å²) < 4.78 is 20.2. The minimum Gasteiger partial charge on any atom is -0.487 e. The van der Waals surface area contributed by atoms with Crippen molar-refractivity contribution in [2.75, 3.05) is 5.32 Å². The Morgan fingerprint density at radius 3 is 2.61 bits per heavy atom. The van der Waals surface area contributed by atoms with Crippen molar-refractivity contribution in [2.24, 2.45) is 0 Å². The maximum absolute atomic E-state index is 13.5. The van der Waals surface area contributed by atoms with Crippen LogP contribution in [0.5, 0.6) is 5.75 Å². The molecule has 4 rings (SSSR count). The van der Waals surface area contributed by atoms with E-state index in [-0.39, 0.29) is 11.7 Å². The third-order valence-electron chi connectivity index (χ3n) is 5.12. The number of thiophene rings is 1. The number of hydrogen-bond acceptors (Lipinski definition) is 4. The number of carbonyl (C=O) groups excluding carboxylic acids is 1. The van der Waals surface area contributed by atoms with E-state index in [9.17, 15) is 9.18 Å². The van der Waals surface area contributed by atoms with Crippen LogP contribution in [0.2, 0.25) is 5.02 Å². The SMILES string of the molecule is Cc1nc(NC(=O)c2sc3cc(F)ccc3c2Cl)c(C)c(C)c1OCc1ccccc1. The van der Waals surface area contributed by atoms with Gasteiger partial charge in [-0.2, -0.15) is 0 Å². The number of ether oxygens (including phenoxy) is 1. The van der Waals surface area contributed by atoms with Gasteiger partial charge < -0.3 is 10.1 Å². The van der Waals surface area contributed by atoms with E-state index in [1.807, 2.05) is 51.1 Å². The first-order valence-electron chi connectivity index (χ1n) is 9.68. The summed E-state index contributed by atoms with van der Waals surface area (Å²) in [4.78, 5) is 17.8. The Kier molecular flexibility index (Phi) is 5.94. The molecule has 0 saturated carbocycles. The number of nitrogens with zero attached hydrogens (tertiary/aromatic N) is 1. The summed E-state index contributed by atoms with van der Waals surface area (Å²) in [7, 11) is 0.